The molecule has 0 radical (unpaired) electrons. The van der Waals surface area contributed by atoms with Gasteiger partial charge >= 0.3 is 0 Å². The first-order chi connectivity index (χ1) is 11.3. The lowest BCUT2D eigenvalue weighted by molar-refractivity contribution is 0.107. The van der Waals surface area contributed by atoms with Crippen LogP contribution < -0.4 is 0 Å². The monoisotopic (exact) mass is 370 g/mol. The molecule has 0 aliphatic rings. The molecule has 0 amide bonds. The zero-order valence-electron chi connectivity index (χ0n) is 12.7. The number of phenols is 1. The van der Waals surface area contributed by atoms with Gasteiger partial charge in [0.25, 0.3) is 0 Å². The molecule has 0 aliphatic heterocycles. The molecule has 23 heavy (non-hydrogen) atoms. The van der Waals surface area contributed by atoms with E-state index in [-0.39, 0.29) is 5.75 Å². The number of ether oxygens (including phenoxy) is 1. The van der Waals surface area contributed by atoms with Crippen molar-refractivity contribution in [3.63, 3.8) is 0 Å². The van der Waals surface area contributed by atoms with Gasteiger partial charge in [0.15, 0.2) is 0 Å². The fraction of sp³-hybridized carbons (Fsp3) is 0.100. The molecule has 3 heteroatoms. The minimum atomic E-state index is 0.285. The number of hydrogen-bond donors (Lipinski definition) is 1. The third-order valence-electron chi connectivity index (χ3n) is 3.08. The van der Waals surface area contributed by atoms with Crippen LogP contribution in [-0.2, 0) is 18.0 Å². The van der Waals surface area contributed by atoms with Gasteiger partial charge in [-0.25, -0.2) is 0 Å². The molecule has 3 aromatic carbocycles. The molecule has 0 aromatic heterocycles. The van der Waals surface area contributed by atoms with Crippen LogP contribution in [-0.4, -0.2) is 5.11 Å². The predicted octanol–water partition coefficient (Wildman–Crippen LogP) is 5.56. The molecule has 0 spiro atoms. The summed E-state index contributed by atoms with van der Waals surface area (Å²) in [5, 5.41) is 8.87. The van der Waals surface area contributed by atoms with Crippen LogP contribution in [0.15, 0.2) is 89.4 Å². The summed E-state index contributed by atoms with van der Waals surface area (Å²) in [5.41, 5.74) is 2.43. The van der Waals surface area contributed by atoms with Gasteiger partial charge < -0.3 is 9.84 Å². The Morgan fingerprint density at radius 1 is 0.652 bits per heavy atom. The lowest BCUT2D eigenvalue weighted by Gasteiger charge is -2.03. The number of benzene rings is 3. The molecule has 0 aliphatic carbocycles. The van der Waals surface area contributed by atoms with E-state index in [0.29, 0.717) is 13.2 Å². The van der Waals surface area contributed by atoms with Crippen molar-refractivity contribution in [2.24, 2.45) is 0 Å². The van der Waals surface area contributed by atoms with E-state index in [2.05, 4.69) is 40.2 Å². The Bertz CT molecular complexity index is 624. The Kier molecular flexibility index (Phi) is 7.37. The van der Waals surface area contributed by atoms with Gasteiger partial charge in [0.1, 0.15) is 5.75 Å². The maximum absolute atomic E-state index is 8.87. The van der Waals surface area contributed by atoms with Crippen LogP contribution in [0.25, 0.3) is 0 Å². The van der Waals surface area contributed by atoms with Gasteiger partial charge in [-0.15, -0.1) is 0 Å². The normalized spacial score (nSPS) is 9.78. The molecule has 0 saturated heterocycles. The van der Waals surface area contributed by atoms with Gasteiger partial charge in [0.05, 0.1) is 17.7 Å². The van der Waals surface area contributed by atoms with Crippen molar-refractivity contribution in [2.45, 2.75) is 13.2 Å². The lowest BCUT2D eigenvalue weighted by atomic mass is 10.2. The van der Waals surface area contributed by atoms with E-state index in [4.69, 9.17) is 9.84 Å². The smallest absolute Gasteiger partial charge is 0.129 e. The Hall–Kier alpha value is -2.10. The SMILES string of the molecule is Oc1ccccc1Br.c1ccc(COCc2ccccc2)cc1. The van der Waals surface area contributed by atoms with E-state index < -0.39 is 0 Å². The predicted molar refractivity (Wildman–Crippen MR) is 97.2 cm³/mol. The summed E-state index contributed by atoms with van der Waals surface area (Å²) in [6.45, 7) is 1.35. The third-order valence-corrected chi connectivity index (χ3v) is 3.75. The fourth-order valence-electron chi connectivity index (χ4n) is 1.89. The number of halogens is 1. The number of para-hydroxylation sites is 1. The average molecular weight is 371 g/mol. The molecular weight excluding hydrogens is 352 g/mol. The van der Waals surface area contributed by atoms with E-state index in [1.165, 1.54) is 11.1 Å². The van der Waals surface area contributed by atoms with E-state index in [9.17, 15) is 0 Å². The number of aromatic hydroxyl groups is 1. The van der Waals surface area contributed by atoms with Crippen molar-refractivity contribution in [3.05, 3.63) is 101 Å². The molecule has 118 valence electrons. The summed E-state index contributed by atoms with van der Waals surface area (Å²) >= 11 is 3.15. The maximum atomic E-state index is 8.87. The fourth-order valence-corrected chi connectivity index (χ4v) is 2.17. The minimum absolute atomic E-state index is 0.285. The van der Waals surface area contributed by atoms with Crippen LogP contribution in [0.2, 0.25) is 0 Å². The number of phenolic OH excluding ortho intramolecular Hbond substituents is 1. The first-order valence-electron chi connectivity index (χ1n) is 7.35. The van der Waals surface area contributed by atoms with Crippen LogP contribution in [0.4, 0.5) is 0 Å². The molecule has 3 rings (SSSR count). The molecule has 0 saturated carbocycles. The van der Waals surface area contributed by atoms with Crippen molar-refractivity contribution in [1.29, 1.82) is 0 Å². The van der Waals surface area contributed by atoms with E-state index in [1.807, 2.05) is 42.5 Å². The van der Waals surface area contributed by atoms with E-state index in [0.717, 1.165) is 4.47 Å². The summed E-state index contributed by atoms with van der Waals surface area (Å²) < 4.78 is 6.34. The average Bonchev–Trinajstić information content (AvgIpc) is 2.60. The molecule has 0 fully saturated rings. The second-order valence-corrected chi connectivity index (χ2v) is 5.77. The van der Waals surface area contributed by atoms with Crippen LogP contribution in [0.3, 0.4) is 0 Å². The van der Waals surface area contributed by atoms with Crippen LogP contribution >= 0.6 is 15.9 Å². The van der Waals surface area contributed by atoms with E-state index >= 15 is 0 Å². The summed E-state index contributed by atoms with van der Waals surface area (Å²) in [5.74, 6) is 0.285. The molecule has 0 heterocycles. The van der Waals surface area contributed by atoms with Crippen molar-refractivity contribution < 1.29 is 9.84 Å². The van der Waals surface area contributed by atoms with Gasteiger partial charge in [0, 0.05) is 0 Å². The van der Waals surface area contributed by atoms with Crippen molar-refractivity contribution in [2.75, 3.05) is 0 Å². The van der Waals surface area contributed by atoms with Gasteiger partial charge in [-0.1, -0.05) is 72.8 Å². The molecule has 0 bridgehead atoms. The van der Waals surface area contributed by atoms with E-state index in [1.54, 1.807) is 18.2 Å². The van der Waals surface area contributed by atoms with Gasteiger partial charge in [-0.05, 0) is 39.2 Å². The number of hydrogen-bond acceptors (Lipinski definition) is 2. The highest BCUT2D eigenvalue weighted by molar-refractivity contribution is 9.10. The topological polar surface area (TPSA) is 29.5 Å². The third kappa shape index (κ3) is 6.68. The summed E-state index contributed by atoms with van der Waals surface area (Å²) in [6.07, 6.45) is 0. The Labute approximate surface area is 145 Å². The lowest BCUT2D eigenvalue weighted by Crippen LogP contribution is -1.93. The molecular formula is C20H19BrO2. The van der Waals surface area contributed by atoms with Crippen LogP contribution in [0, 0.1) is 0 Å². The van der Waals surface area contributed by atoms with Crippen molar-refractivity contribution in [1.82, 2.24) is 0 Å². The second-order valence-electron chi connectivity index (χ2n) is 4.92. The number of rotatable bonds is 4. The standard InChI is InChI=1S/C14H14O.C6H5BrO/c1-3-7-13(8-4-1)11-15-12-14-9-5-2-6-10-14;7-5-3-1-2-4-6(5)8/h1-10H,11-12H2;1-4,8H. The van der Waals surface area contributed by atoms with Crippen molar-refractivity contribution in [3.8, 4) is 5.75 Å². The van der Waals surface area contributed by atoms with Gasteiger partial charge in [-0.2, -0.15) is 0 Å². The Morgan fingerprint density at radius 2 is 1.09 bits per heavy atom. The Balaban J connectivity index is 0.000000203. The molecule has 0 unspecified atom stereocenters. The first-order valence-corrected chi connectivity index (χ1v) is 8.14. The maximum Gasteiger partial charge on any atom is 0.129 e. The zero-order valence-corrected chi connectivity index (χ0v) is 14.3. The highest BCUT2D eigenvalue weighted by atomic mass is 79.9. The highest BCUT2D eigenvalue weighted by Gasteiger charge is 1.93. The van der Waals surface area contributed by atoms with Gasteiger partial charge in [-0.3, -0.25) is 0 Å². The van der Waals surface area contributed by atoms with Crippen molar-refractivity contribution >= 4 is 15.9 Å². The van der Waals surface area contributed by atoms with Crippen LogP contribution in [0.1, 0.15) is 11.1 Å². The molecule has 1 N–H and O–H groups in total. The summed E-state index contributed by atoms with van der Waals surface area (Å²) in [6, 6.07) is 27.5. The first kappa shape index (κ1) is 17.3. The summed E-state index contributed by atoms with van der Waals surface area (Å²) in [7, 11) is 0. The largest absolute Gasteiger partial charge is 0.507 e. The second kappa shape index (κ2) is 9.82. The molecule has 2 nitrogen and oxygen atoms in total. The quantitative estimate of drug-likeness (QED) is 0.651. The summed E-state index contributed by atoms with van der Waals surface area (Å²) in [4.78, 5) is 0. The van der Waals surface area contributed by atoms with Crippen LogP contribution in [0.5, 0.6) is 5.75 Å². The minimum Gasteiger partial charge on any atom is -0.507 e. The zero-order chi connectivity index (χ0) is 16.3. The Morgan fingerprint density at radius 3 is 1.48 bits per heavy atom. The molecule has 3 aromatic rings. The van der Waals surface area contributed by atoms with Gasteiger partial charge in [0.2, 0.25) is 0 Å². The molecule has 0 atom stereocenters. The highest BCUT2D eigenvalue weighted by Crippen LogP contribution is 2.21.